The summed E-state index contributed by atoms with van der Waals surface area (Å²) >= 11 is 4.36. The van der Waals surface area contributed by atoms with E-state index >= 15 is 0 Å². The Morgan fingerprint density at radius 3 is 2.49 bits per heavy atom. The number of para-hydroxylation sites is 1. The van der Waals surface area contributed by atoms with Crippen LogP contribution in [0.1, 0.15) is 16.7 Å². The highest BCUT2D eigenvalue weighted by atomic mass is 79.9. The van der Waals surface area contributed by atoms with Crippen LogP contribution in [-0.2, 0) is 17.8 Å². The van der Waals surface area contributed by atoms with Crippen LogP contribution < -0.4 is 14.2 Å². The van der Waals surface area contributed by atoms with Crippen molar-refractivity contribution < 1.29 is 23.8 Å². The van der Waals surface area contributed by atoms with Crippen molar-refractivity contribution in [1.82, 2.24) is 4.90 Å². The Labute approximate surface area is 229 Å². The molecule has 4 rings (SSSR count). The van der Waals surface area contributed by atoms with Gasteiger partial charge in [-0.05, 0) is 71.8 Å². The maximum atomic E-state index is 13.0. The second-order valence-electron chi connectivity index (χ2n) is 8.11. The minimum absolute atomic E-state index is 0.171. The van der Waals surface area contributed by atoms with Crippen LogP contribution in [0.15, 0.2) is 88.8 Å². The van der Waals surface area contributed by atoms with Gasteiger partial charge in [0.05, 0.1) is 18.6 Å². The SMILES string of the molecule is C=CCc1cc(/C=C2\SC(=O)N(CCOc3ccccc3)C2=O)cc(OC)c1OCc1ccc(Br)cc1. The van der Waals surface area contributed by atoms with Crippen LogP contribution in [0.5, 0.6) is 17.2 Å². The van der Waals surface area contributed by atoms with Gasteiger partial charge in [0.1, 0.15) is 19.0 Å². The first-order chi connectivity index (χ1) is 18.0. The standard InChI is InChI=1S/C29H26BrNO5S/c1-3-7-22-16-21(17-25(34-2)27(22)36-19-20-10-12-23(30)13-11-20)18-26-28(32)31(29(33)37-26)14-15-35-24-8-5-4-6-9-24/h3-6,8-13,16-18H,1,7,14-15,19H2,2H3/b26-18-. The molecule has 190 valence electrons. The first kappa shape index (κ1) is 26.6. The molecule has 3 aromatic rings. The summed E-state index contributed by atoms with van der Waals surface area (Å²) < 4.78 is 18.4. The topological polar surface area (TPSA) is 65.1 Å². The normalized spacial score (nSPS) is 14.2. The number of carbonyl (C=O) groups excluding carboxylic acids is 2. The van der Waals surface area contributed by atoms with Gasteiger partial charge in [-0.25, -0.2) is 0 Å². The highest BCUT2D eigenvalue weighted by Crippen LogP contribution is 2.37. The summed E-state index contributed by atoms with van der Waals surface area (Å²) in [6.45, 7) is 4.62. The summed E-state index contributed by atoms with van der Waals surface area (Å²) in [7, 11) is 1.57. The van der Waals surface area contributed by atoms with E-state index in [4.69, 9.17) is 14.2 Å². The summed E-state index contributed by atoms with van der Waals surface area (Å²) in [5, 5.41) is -0.319. The number of methoxy groups -OCH3 is 1. The fourth-order valence-electron chi connectivity index (χ4n) is 3.74. The summed E-state index contributed by atoms with van der Waals surface area (Å²) in [6.07, 6.45) is 4.04. The molecule has 8 heteroatoms. The zero-order chi connectivity index (χ0) is 26.2. The van der Waals surface area contributed by atoms with Crippen molar-refractivity contribution in [2.75, 3.05) is 20.3 Å². The van der Waals surface area contributed by atoms with Crippen LogP contribution in [0.3, 0.4) is 0 Å². The monoisotopic (exact) mass is 579 g/mol. The number of halogens is 1. The van der Waals surface area contributed by atoms with E-state index in [0.29, 0.717) is 35.2 Å². The third-order valence-corrected chi connectivity index (χ3v) is 6.97. The van der Waals surface area contributed by atoms with E-state index in [1.807, 2.05) is 60.7 Å². The van der Waals surface area contributed by atoms with Crippen molar-refractivity contribution in [2.45, 2.75) is 13.0 Å². The van der Waals surface area contributed by atoms with E-state index in [2.05, 4.69) is 22.5 Å². The molecule has 37 heavy (non-hydrogen) atoms. The van der Waals surface area contributed by atoms with E-state index in [9.17, 15) is 9.59 Å². The number of hydrogen-bond donors (Lipinski definition) is 0. The quantitative estimate of drug-likeness (QED) is 0.182. The number of rotatable bonds is 11. The summed E-state index contributed by atoms with van der Waals surface area (Å²) in [5.41, 5.74) is 2.62. The number of nitrogens with zero attached hydrogens (tertiary/aromatic N) is 1. The summed E-state index contributed by atoms with van der Waals surface area (Å²) in [6, 6.07) is 20.9. The van der Waals surface area contributed by atoms with Gasteiger partial charge in [0, 0.05) is 10.0 Å². The Morgan fingerprint density at radius 1 is 1.03 bits per heavy atom. The highest BCUT2D eigenvalue weighted by Gasteiger charge is 2.35. The number of hydrogen-bond acceptors (Lipinski definition) is 6. The van der Waals surface area contributed by atoms with Gasteiger partial charge in [0.15, 0.2) is 11.5 Å². The van der Waals surface area contributed by atoms with Crippen LogP contribution in [0.4, 0.5) is 4.79 Å². The zero-order valence-electron chi connectivity index (χ0n) is 20.3. The maximum Gasteiger partial charge on any atom is 0.293 e. The molecular formula is C29H26BrNO5S. The van der Waals surface area contributed by atoms with Crippen molar-refractivity contribution in [3.05, 3.63) is 105 Å². The van der Waals surface area contributed by atoms with Crippen molar-refractivity contribution >= 4 is 44.9 Å². The van der Waals surface area contributed by atoms with Crippen molar-refractivity contribution in [3.63, 3.8) is 0 Å². The Balaban J connectivity index is 1.50. The summed E-state index contributed by atoms with van der Waals surface area (Å²) in [5.74, 6) is 1.51. The van der Waals surface area contributed by atoms with E-state index < -0.39 is 0 Å². The molecule has 0 N–H and O–H groups in total. The van der Waals surface area contributed by atoms with Gasteiger partial charge in [0.25, 0.3) is 11.1 Å². The minimum atomic E-state index is -0.341. The molecule has 1 aliphatic rings. The molecule has 0 aromatic heterocycles. The molecule has 6 nitrogen and oxygen atoms in total. The van der Waals surface area contributed by atoms with Gasteiger partial charge >= 0.3 is 0 Å². The van der Waals surface area contributed by atoms with E-state index in [1.165, 1.54) is 4.90 Å². The molecule has 1 aliphatic heterocycles. The number of carbonyl (C=O) groups is 2. The summed E-state index contributed by atoms with van der Waals surface area (Å²) in [4.78, 5) is 27.0. The van der Waals surface area contributed by atoms with Gasteiger partial charge in [-0.15, -0.1) is 6.58 Å². The van der Waals surface area contributed by atoms with Crippen molar-refractivity contribution in [2.24, 2.45) is 0 Å². The Morgan fingerprint density at radius 2 is 1.78 bits per heavy atom. The maximum absolute atomic E-state index is 13.0. The van der Waals surface area contributed by atoms with E-state index in [0.717, 1.165) is 32.9 Å². The van der Waals surface area contributed by atoms with Gasteiger partial charge in [-0.2, -0.15) is 0 Å². The van der Waals surface area contributed by atoms with Crippen LogP contribution >= 0.6 is 27.7 Å². The number of ether oxygens (including phenoxy) is 3. The van der Waals surface area contributed by atoms with Gasteiger partial charge < -0.3 is 14.2 Å². The van der Waals surface area contributed by atoms with Crippen LogP contribution in [0.2, 0.25) is 0 Å². The van der Waals surface area contributed by atoms with Crippen LogP contribution in [0.25, 0.3) is 6.08 Å². The lowest BCUT2D eigenvalue weighted by Gasteiger charge is -2.16. The fourth-order valence-corrected chi connectivity index (χ4v) is 4.87. The first-order valence-electron chi connectivity index (χ1n) is 11.6. The number of allylic oxidation sites excluding steroid dienone is 1. The molecule has 0 spiro atoms. The van der Waals surface area contributed by atoms with E-state index in [-0.39, 0.29) is 24.3 Å². The van der Waals surface area contributed by atoms with Crippen molar-refractivity contribution in [1.29, 1.82) is 0 Å². The molecule has 3 aromatic carbocycles. The molecule has 0 bridgehead atoms. The highest BCUT2D eigenvalue weighted by molar-refractivity contribution is 9.10. The zero-order valence-corrected chi connectivity index (χ0v) is 22.7. The first-order valence-corrected chi connectivity index (χ1v) is 13.2. The number of benzene rings is 3. The average molecular weight is 581 g/mol. The number of thioether (sulfide) groups is 1. The third kappa shape index (κ3) is 6.84. The van der Waals surface area contributed by atoms with Gasteiger partial charge in [-0.1, -0.05) is 52.3 Å². The smallest absolute Gasteiger partial charge is 0.293 e. The Hall–Kier alpha value is -3.49. The number of imide groups is 1. The molecule has 0 aliphatic carbocycles. The molecule has 0 unspecified atom stereocenters. The lowest BCUT2D eigenvalue weighted by atomic mass is 10.0. The average Bonchev–Trinajstić information content (AvgIpc) is 3.17. The molecule has 1 fully saturated rings. The van der Waals surface area contributed by atoms with E-state index in [1.54, 1.807) is 25.3 Å². The molecule has 1 saturated heterocycles. The molecule has 0 atom stereocenters. The van der Waals surface area contributed by atoms with Gasteiger partial charge in [-0.3, -0.25) is 14.5 Å². The van der Waals surface area contributed by atoms with Gasteiger partial charge in [0.2, 0.25) is 0 Å². The molecule has 0 radical (unpaired) electrons. The lowest BCUT2D eigenvalue weighted by Crippen LogP contribution is -2.32. The molecule has 2 amide bonds. The molecular weight excluding hydrogens is 554 g/mol. The third-order valence-electron chi connectivity index (χ3n) is 5.53. The largest absolute Gasteiger partial charge is 0.493 e. The van der Waals surface area contributed by atoms with Crippen LogP contribution in [0, 0.1) is 0 Å². The van der Waals surface area contributed by atoms with Crippen molar-refractivity contribution in [3.8, 4) is 17.2 Å². The Bertz CT molecular complexity index is 1310. The fraction of sp³-hybridized carbons (Fsp3) is 0.172. The lowest BCUT2D eigenvalue weighted by molar-refractivity contribution is -0.123. The predicted octanol–water partition coefficient (Wildman–Crippen LogP) is 6.88. The second kappa shape index (κ2) is 12.7. The second-order valence-corrected chi connectivity index (χ2v) is 10.0. The molecule has 0 saturated carbocycles. The van der Waals surface area contributed by atoms with Crippen LogP contribution in [-0.4, -0.2) is 36.3 Å². The number of amides is 2. The predicted molar refractivity (Wildman–Crippen MR) is 150 cm³/mol. The molecule has 1 heterocycles. The minimum Gasteiger partial charge on any atom is -0.493 e. The Kier molecular flexibility index (Phi) is 9.09.